The first-order valence-corrected chi connectivity index (χ1v) is 8.92. The maximum Gasteiger partial charge on any atom is 0.0317 e. The van der Waals surface area contributed by atoms with E-state index in [9.17, 15) is 0 Å². The third-order valence-electron chi connectivity index (χ3n) is 4.54. The monoisotopic (exact) mass is 327 g/mol. The molecule has 3 rings (SSSR count). The van der Waals surface area contributed by atoms with E-state index in [0.29, 0.717) is 0 Å². The highest BCUT2D eigenvalue weighted by Crippen LogP contribution is 2.43. The lowest BCUT2D eigenvalue weighted by Gasteiger charge is -2.35. The van der Waals surface area contributed by atoms with Gasteiger partial charge in [0.05, 0.1) is 0 Å². The predicted molar refractivity (Wildman–Crippen MR) is 82.3 cm³/mol. The zero-order valence-corrected chi connectivity index (χ0v) is 13.4. The molecule has 1 aromatic rings. The fourth-order valence-corrected chi connectivity index (χ4v) is 4.89. The van der Waals surface area contributed by atoms with Crippen molar-refractivity contribution in [2.45, 2.75) is 51.0 Å². The fraction of sp³-hybridized carbons (Fsp3) is 0.733. The van der Waals surface area contributed by atoms with Crippen LogP contribution in [0.25, 0.3) is 0 Å². The summed E-state index contributed by atoms with van der Waals surface area (Å²) in [7, 11) is 0. The Morgan fingerprint density at radius 2 is 2.11 bits per heavy atom. The highest BCUT2D eigenvalue weighted by molar-refractivity contribution is 9.10. The molecule has 3 heteroatoms. The van der Waals surface area contributed by atoms with Crippen LogP contribution < -0.4 is 5.32 Å². The van der Waals surface area contributed by atoms with Gasteiger partial charge in [0.1, 0.15) is 0 Å². The summed E-state index contributed by atoms with van der Waals surface area (Å²) < 4.78 is 1.34. The van der Waals surface area contributed by atoms with Crippen LogP contribution in [0.4, 0.5) is 0 Å². The Labute approximate surface area is 122 Å². The molecule has 3 unspecified atom stereocenters. The molecule has 0 aromatic carbocycles. The van der Waals surface area contributed by atoms with E-state index in [2.05, 4.69) is 38.9 Å². The summed E-state index contributed by atoms with van der Waals surface area (Å²) in [6, 6.07) is 0.843. The van der Waals surface area contributed by atoms with Crippen LogP contribution in [0, 0.1) is 11.8 Å². The predicted octanol–water partition coefficient (Wildman–Crippen LogP) is 4.78. The molecule has 0 amide bonds. The van der Waals surface area contributed by atoms with E-state index in [1.807, 2.05) is 11.3 Å². The molecule has 0 bridgehead atoms. The van der Waals surface area contributed by atoms with Gasteiger partial charge in [-0.1, -0.05) is 13.3 Å². The summed E-state index contributed by atoms with van der Waals surface area (Å²) in [6.07, 6.45) is 6.97. The smallest absolute Gasteiger partial charge is 0.0317 e. The van der Waals surface area contributed by atoms with Gasteiger partial charge < -0.3 is 5.32 Å². The molecule has 2 fully saturated rings. The Morgan fingerprint density at radius 1 is 1.28 bits per heavy atom. The Balaban J connectivity index is 1.70. The van der Waals surface area contributed by atoms with Crippen molar-refractivity contribution >= 4 is 27.3 Å². The van der Waals surface area contributed by atoms with Crippen LogP contribution in [0.5, 0.6) is 0 Å². The van der Waals surface area contributed by atoms with E-state index >= 15 is 0 Å². The number of halogens is 1. The van der Waals surface area contributed by atoms with Crippen LogP contribution in [0.3, 0.4) is 0 Å². The average Bonchev–Trinajstić information content (AvgIpc) is 3.09. The van der Waals surface area contributed by atoms with E-state index in [1.54, 1.807) is 5.56 Å². The summed E-state index contributed by atoms with van der Waals surface area (Å²) in [5, 5.41) is 8.33. The molecule has 2 aliphatic rings. The molecule has 0 radical (unpaired) electrons. The third-order valence-corrected chi connectivity index (χ3v) is 6.30. The van der Waals surface area contributed by atoms with Crippen LogP contribution in [0.2, 0.25) is 0 Å². The van der Waals surface area contributed by atoms with E-state index in [4.69, 9.17) is 0 Å². The van der Waals surface area contributed by atoms with Crippen molar-refractivity contribution in [1.29, 1.82) is 0 Å². The SMILES string of the molecule is CC1CCC(CNC2CC2)C(c2cscc2Br)C1. The molecule has 18 heavy (non-hydrogen) atoms. The van der Waals surface area contributed by atoms with Gasteiger partial charge in [0.25, 0.3) is 0 Å². The van der Waals surface area contributed by atoms with Crippen LogP contribution in [-0.2, 0) is 0 Å². The first kappa shape index (κ1) is 13.1. The minimum atomic E-state index is 0.764. The van der Waals surface area contributed by atoms with Crippen molar-refractivity contribution in [3.05, 3.63) is 20.8 Å². The van der Waals surface area contributed by atoms with Gasteiger partial charge in [-0.05, 0) is 76.9 Å². The second-order valence-electron chi connectivity index (χ2n) is 6.14. The maximum absolute atomic E-state index is 3.74. The zero-order chi connectivity index (χ0) is 12.5. The van der Waals surface area contributed by atoms with E-state index < -0.39 is 0 Å². The van der Waals surface area contributed by atoms with Crippen molar-refractivity contribution in [2.24, 2.45) is 11.8 Å². The molecule has 1 N–H and O–H groups in total. The molecular formula is C15H22BrNS. The van der Waals surface area contributed by atoms with Gasteiger partial charge in [0, 0.05) is 15.9 Å². The Kier molecular flexibility index (Phi) is 4.12. The Bertz CT molecular complexity index is 399. The minimum absolute atomic E-state index is 0.764. The lowest BCUT2D eigenvalue weighted by atomic mass is 9.72. The molecule has 1 heterocycles. The van der Waals surface area contributed by atoms with E-state index in [1.165, 1.54) is 43.1 Å². The quantitative estimate of drug-likeness (QED) is 0.838. The summed E-state index contributed by atoms with van der Waals surface area (Å²) in [4.78, 5) is 0. The molecule has 2 saturated carbocycles. The molecule has 100 valence electrons. The average molecular weight is 328 g/mol. The molecule has 3 atom stereocenters. The maximum atomic E-state index is 3.74. The first-order valence-electron chi connectivity index (χ1n) is 7.19. The molecule has 0 spiro atoms. The molecule has 0 aliphatic heterocycles. The molecule has 1 aromatic heterocycles. The van der Waals surface area contributed by atoms with Crippen molar-refractivity contribution in [3.8, 4) is 0 Å². The van der Waals surface area contributed by atoms with Gasteiger partial charge in [-0.3, -0.25) is 0 Å². The number of hydrogen-bond acceptors (Lipinski definition) is 2. The number of rotatable bonds is 4. The minimum Gasteiger partial charge on any atom is -0.314 e. The first-order chi connectivity index (χ1) is 8.74. The van der Waals surface area contributed by atoms with Crippen LogP contribution in [0.1, 0.15) is 50.5 Å². The van der Waals surface area contributed by atoms with Crippen molar-refractivity contribution in [3.63, 3.8) is 0 Å². The van der Waals surface area contributed by atoms with Crippen molar-refractivity contribution in [1.82, 2.24) is 5.32 Å². The van der Waals surface area contributed by atoms with Crippen LogP contribution in [0.15, 0.2) is 15.2 Å². The lowest BCUT2D eigenvalue weighted by molar-refractivity contribution is 0.241. The topological polar surface area (TPSA) is 12.0 Å². The van der Waals surface area contributed by atoms with Gasteiger partial charge >= 0.3 is 0 Å². The number of nitrogens with one attached hydrogen (secondary N) is 1. The van der Waals surface area contributed by atoms with Gasteiger partial charge in [0.15, 0.2) is 0 Å². The molecule has 0 saturated heterocycles. The van der Waals surface area contributed by atoms with Crippen molar-refractivity contribution < 1.29 is 0 Å². The summed E-state index contributed by atoms with van der Waals surface area (Å²) in [6.45, 7) is 3.64. The highest BCUT2D eigenvalue weighted by Gasteiger charge is 2.32. The van der Waals surface area contributed by atoms with E-state index in [0.717, 1.165) is 23.8 Å². The van der Waals surface area contributed by atoms with Gasteiger partial charge in [0.2, 0.25) is 0 Å². The molecule has 2 aliphatic carbocycles. The Hall–Kier alpha value is 0.140. The molecular weight excluding hydrogens is 306 g/mol. The molecule has 1 nitrogen and oxygen atoms in total. The van der Waals surface area contributed by atoms with Gasteiger partial charge in [-0.15, -0.1) is 0 Å². The van der Waals surface area contributed by atoms with Gasteiger partial charge in [-0.2, -0.15) is 11.3 Å². The number of thiophene rings is 1. The highest BCUT2D eigenvalue weighted by atomic mass is 79.9. The van der Waals surface area contributed by atoms with Crippen molar-refractivity contribution in [2.75, 3.05) is 6.54 Å². The zero-order valence-electron chi connectivity index (χ0n) is 11.0. The fourth-order valence-electron chi connectivity index (χ4n) is 3.23. The second kappa shape index (κ2) is 5.64. The normalized spacial score (nSPS) is 32.7. The summed E-state index contributed by atoms with van der Waals surface area (Å²) in [5.74, 6) is 2.49. The Morgan fingerprint density at radius 3 is 2.78 bits per heavy atom. The standard InChI is InChI=1S/C15H22BrNS/c1-10-2-3-11(7-17-12-4-5-12)13(6-10)14-8-18-9-15(14)16/h8-13,17H,2-7H2,1H3. The van der Waals surface area contributed by atoms with Crippen LogP contribution >= 0.6 is 27.3 Å². The summed E-state index contributed by atoms with van der Waals surface area (Å²) >= 11 is 5.56. The van der Waals surface area contributed by atoms with Crippen LogP contribution in [-0.4, -0.2) is 12.6 Å². The summed E-state index contributed by atoms with van der Waals surface area (Å²) in [5.41, 5.74) is 1.56. The van der Waals surface area contributed by atoms with Gasteiger partial charge in [-0.25, -0.2) is 0 Å². The lowest BCUT2D eigenvalue weighted by Crippen LogP contribution is -2.32. The second-order valence-corrected chi connectivity index (χ2v) is 7.74. The third kappa shape index (κ3) is 3.00. The number of hydrogen-bond donors (Lipinski definition) is 1. The largest absolute Gasteiger partial charge is 0.314 e. The van der Waals surface area contributed by atoms with E-state index in [-0.39, 0.29) is 0 Å².